The molecule has 5 N–H and O–H groups in total. The van der Waals surface area contributed by atoms with Crippen molar-refractivity contribution in [1.82, 2.24) is 79.7 Å². The van der Waals surface area contributed by atoms with E-state index in [9.17, 15) is 24.0 Å². The summed E-state index contributed by atoms with van der Waals surface area (Å²) < 4.78 is 22.3. The number of pyridine rings is 8. The van der Waals surface area contributed by atoms with E-state index < -0.39 is 0 Å². The van der Waals surface area contributed by atoms with Crippen LogP contribution in [0, 0.1) is 40.0 Å². The topological polar surface area (TPSA) is 392 Å². The van der Waals surface area contributed by atoms with Gasteiger partial charge in [-0.1, -0.05) is 59.5 Å². The average molecular weight is 1560 g/mol. The molecule has 0 atom stereocenters. The van der Waals surface area contributed by atoms with E-state index in [2.05, 4.69) is 112 Å². The normalized spacial score (nSPS) is 10.1. The van der Waals surface area contributed by atoms with Gasteiger partial charge in [-0.25, -0.2) is 44.9 Å². The van der Waals surface area contributed by atoms with E-state index >= 15 is 0 Å². The molecule has 0 fully saturated rings. The number of hydrogen-bond donors (Lipinski definition) is 5. The fourth-order valence-electron chi connectivity index (χ4n) is 9.97. The van der Waals surface area contributed by atoms with Crippen LogP contribution in [0.2, 0.25) is 0 Å². The predicted molar refractivity (Wildman–Crippen MR) is 436 cm³/mol. The summed E-state index contributed by atoms with van der Waals surface area (Å²) in [4.78, 5) is 127. The van der Waals surface area contributed by atoms with E-state index in [4.69, 9.17) is 25.4 Å². The second-order valence-corrected chi connectivity index (χ2v) is 24.6. The van der Waals surface area contributed by atoms with Crippen LogP contribution >= 0.6 is 0 Å². The van der Waals surface area contributed by atoms with Gasteiger partial charge in [0.05, 0.1) is 116 Å². The summed E-state index contributed by atoms with van der Waals surface area (Å²) in [6.07, 6.45) is 41.1. The van der Waals surface area contributed by atoms with Crippen LogP contribution in [-0.4, -0.2) is 116 Å². The Kier molecular flexibility index (Phi) is 28.9. The number of carbonyl (C=O) groups excluding carboxylic acids is 5. The molecule has 5 amide bonds. The second kappa shape index (κ2) is 41.8. The number of nitrogens with zero attached hydrogens (tertiary/aromatic N) is 17. The molecule has 578 valence electrons. The van der Waals surface area contributed by atoms with Gasteiger partial charge >= 0.3 is 0 Å². The molecule has 0 aliphatic rings. The van der Waals surface area contributed by atoms with Gasteiger partial charge in [0.15, 0.2) is 17.2 Å². The number of hydrogen-bond acceptors (Lipinski definition) is 26. The molecule has 12 heterocycles. The zero-order chi connectivity index (χ0) is 81.9. The van der Waals surface area contributed by atoms with E-state index in [0.29, 0.717) is 114 Å². The van der Waals surface area contributed by atoms with Gasteiger partial charge in [-0.15, -0.1) is 6.42 Å². The van der Waals surface area contributed by atoms with E-state index in [0.717, 1.165) is 27.9 Å². The van der Waals surface area contributed by atoms with Crippen LogP contribution < -0.4 is 50.4 Å². The van der Waals surface area contributed by atoms with E-state index in [1.807, 2.05) is 88.2 Å². The number of nitrogens with one attached hydrogen (secondary N) is 5. The van der Waals surface area contributed by atoms with Gasteiger partial charge < -0.3 is 50.4 Å². The van der Waals surface area contributed by atoms with Crippen molar-refractivity contribution in [3.05, 3.63) is 357 Å². The lowest BCUT2D eigenvalue weighted by atomic mass is 10.1. The summed E-state index contributed by atoms with van der Waals surface area (Å²) in [5.74, 6) is 6.12. The maximum atomic E-state index is 12.4. The Morgan fingerprint density at radius 3 is 1.30 bits per heavy atom. The molecule has 0 saturated carbocycles. The molecule has 31 heteroatoms. The number of terminal acetylenes is 1. The molecule has 12 aromatic heterocycles. The molecule has 117 heavy (non-hydrogen) atoms. The van der Waals surface area contributed by atoms with Crippen molar-refractivity contribution in [2.24, 2.45) is 0 Å². The highest BCUT2D eigenvalue weighted by Crippen LogP contribution is 2.28. The zero-order valence-electron chi connectivity index (χ0n) is 63.1. The molecule has 0 aliphatic heterocycles. The Balaban J connectivity index is 0.000000144. The molecule has 0 bridgehead atoms. The smallest absolute Gasteiger partial charge is 0.274 e. The van der Waals surface area contributed by atoms with Gasteiger partial charge in [0, 0.05) is 90.1 Å². The number of carbonyl (C=O) groups is 5. The van der Waals surface area contributed by atoms with Gasteiger partial charge in [0.1, 0.15) is 71.3 Å². The first-order valence-electron chi connectivity index (χ1n) is 35.2. The van der Waals surface area contributed by atoms with E-state index in [1.54, 1.807) is 177 Å². The van der Waals surface area contributed by atoms with Crippen LogP contribution in [0.3, 0.4) is 0 Å². The lowest BCUT2D eigenvalue weighted by Gasteiger charge is -2.18. The quantitative estimate of drug-likeness (QED) is 0.0442. The molecule has 0 radical (unpaired) electrons. The monoisotopic (exact) mass is 1550 g/mol. The Morgan fingerprint density at radius 2 is 0.795 bits per heavy atom. The van der Waals surface area contributed by atoms with Crippen molar-refractivity contribution in [2.75, 3.05) is 38.5 Å². The summed E-state index contributed by atoms with van der Waals surface area (Å²) in [6, 6.07) is 45.9. The van der Waals surface area contributed by atoms with Gasteiger partial charge in [-0.3, -0.25) is 53.9 Å². The van der Waals surface area contributed by atoms with Crippen LogP contribution in [0.15, 0.2) is 301 Å². The van der Waals surface area contributed by atoms with E-state index in [-0.39, 0.29) is 29.5 Å². The summed E-state index contributed by atoms with van der Waals surface area (Å²) in [5, 5.41) is 13.9. The largest absolute Gasteiger partial charge is 0.452 e. The van der Waals surface area contributed by atoms with Crippen LogP contribution in [0.4, 0.5) is 40.1 Å². The fourth-order valence-corrected chi connectivity index (χ4v) is 9.97. The molecular formula is C86H70N22O9. The Hall–Kier alpha value is -16.9. The Bertz CT molecular complexity index is 5730. The number of anilines is 7. The standard InChI is InChI=1S/C19H13N3O2.C18H17N5O.C17H14N4O2.2C16H13N5O2/c1-2-14-6-3-7-15(12-14)19(23)22-17-9-4-10-18(21-17)24-16-8-5-11-20-13-16;1-13-4-3-5-14(8-13)18(24)22-15-6-7-21-17(9-15)23(2)16-10-19-12-20-11-16;1-12-3-2-4-13(5-12)17(22)21-14-6-15(8-18-7-14)23-16-9-19-11-20-10-16;1-11-2-3-15(20-5-11)16(22)21-12-4-13(7-17-6-12)23-14-8-18-10-19-9-14;1-11-2-3-20-15(4-11)16(22)21-12-5-13(7-17-6-12)23-14-8-18-10-19-9-14/h1,3-13H,(H,21,22,23);3-12H,1-2H3,(H,21,22,24);2-11H,1H3,(H,21,22);2*2-10H,1H3,(H,21,22). The highest BCUT2D eigenvalue weighted by Gasteiger charge is 2.16. The lowest BCUT2D eigenvalue weighted by molar-refractivity contribution is 0.101. The van der Waals surface area contributed by atoms with Crippen molar-refractivity contribution in [3.8, 4) is 58.5 Å². The van der Waals surface area contributed by atoms with Gasteiger partial charge in [-0.2, -0.15) is 4.98 Å². The summed E-state index contributed by atoms with van der Waals surface area (Å²) >= 11 is 0. The SMILES string of the molecule is C#Cc1cccc(C(=O)Nc2cccc(Oc3cccnc3)n2)c1.Cc1ccc(C(=O)Nc2cncc(Oc3cncnc3)c2)nc1.Cc1cccc(C(=O)Nc2ccnc(N(C)c3cncnc3)c2)c1.Cc1cccc(C(=O)Nc2cncc(Oc3cncnc3)c2)c1.Cc1ccnc(C(=O)Nc2cncc(Oc3cncnc3)c2)c1. The molecule has 3 aromatic carbocycles. The van der Waals surface area contributed by atoms with Gasteiger partial charge in [-0.05, 0) is 124 Å². The number of aryl methyl sites for hydroxylation is 4. The Morgan fingerprint density at radius 1 is 0.333 bits per heavy atom. The number of benzene rings is 3. The summed E-state index contributed by atoms with van der Waals surface area (Å²) in [5.41, 5.74) is 10.1. The van der Waals surface area contributed by atoms with Crippen molar-refractivity contribution < 1.29 is 42.9 Å². The van der Waals surface area contributed by atoms with Crippen LogP contribution in [0.5, 0.6) is 46.1 Å². The molecule has 0 aliphatic carbocycles. The van der Waals surface area contributed by atoms with Gasteiger partial charge in [0.25, 0.3) is 29.5 Å². The first-order valence-corrected chi connectivity index (χ1v) is 35.2. The number of rotatable bonds is 20. The predicted octanol–water partition coefficient (Wildman–Crippen LogP) is 15.2. The first-order chi connectivity index (χ1) is 57.0. The summed E-state index contributed by atoms with van der Waals surface area (Å²) in [6.45, 7) is 7.70. The number of aromatic nitrogens is 16. The summed E-state index contributed by atoms with van der Waals surface area (Å²) in [7, 11) is 1.87. The highest BCUT2D eigenvalue weighted by atomic mass is 16.5. The van der Waals surface area contributed by atoms with E-state index in [1.165, 1.54) is 74.9 Å². The average Bonchev–Trinajstić information content (AvgIpc) is 0.866. The lowest BCUT2D eigenvalue weighted by Crippen LogP contribution is -2.14. The number of ether oxygens (including phenoxy) is 4. The third-order valence-electron chi connectivity index (χ3n) is 15.5. The molecule has 31 nitrogen and oxygen atoms in total. The molecule has 0 spiro atoms. The minimum atomic E-state index is -0.313. The van der Waals surface area contributed by atoms with Crippen LogP contribution in [-0.2, 0) is 0 Å². The zero-order valence-corrected chi connectivity index (χ0v) is 63.1. The van der Waals surface area contributed by atoms with Crippen molar-refractivity contribution >= 4 is 69.6 Å². The van der Waals surface area contributed by atoms with Crippen molar-refractivity contribution in [3.63, 3.8) is 0 Å². The van der Waals surface area contributed by atoms with Crippen molar-refractivity contribution in [2.45, 2.75) is 27.7 Å². The first kappa shape index (κ1) is 81.1. The minimum Gasteiger partial charge on any atom is -0.452 e. The Labute approximate surface area is 670 Å². The molecule has 0 saturated heterocycles. The van der Waals surface area contributed by atoms with Crippen LogP contribution in [0.25, 0.3) is 0 Å². The molecule has 15 rings (SSSR count). The van der Waals surface area contributed by atoms with Gasteiger partial charge in [0.2, 0.25) is 5.88 Å². The molecular weight excluding hydrogens is 1490 g/mol. The highest BCUT2D eigenvalue weighted by molar-refractivity contribution is 6.06. The molecule has 15 aromatic rings. The third-order valence-corrected chi connectivity index (χ3v) is 15.5. The van der Waals surface area contributed by atoms with Crippen molar-refractivity contribution in [1.29, 1.82) is 0 Å². The minimum absolute atomic E-state index is 0.151. The molecule has 0 unspecified atom stereocenters. The second-order valence-electron chi connectivity index (χ2n) is 24.6. The maximum absolute atomic E-state index is 12.4. The third kappa shape index (κ3) is 26.1. The van der Waals surface area contributed by atoms with Crippen LogP contribution in [0.1, 0.15) is 79.9 Å². The fraction of sp³-hybridized carbons (Fsp3) is 0.0581. The number of amides is 5. The maximum Gasteiger partial charge on any atom is 0.274 e.